The lowest BCUT2D eigenvalue weighted by molar-refractivity contribution is 0.668. The molecule has 0 aliphatic rings. The Balaban J connectivity index is 1.26. The number of aryl methyl sites for hydroxylation is 1. The molecule has 3 heterocycles. The van der Waals surface area contributed by atoms with Gasteiger partial charge in [0, 0.05) is 32.8 Å². The number of benzene rings is 9. The van der Waals surface area contributed by atoms with E-state index in [9.17, 15) is 0 Å². The first-order valence-corrected chi connectivity index (χ1v) is 19.0. The molecule has 0 saturated heterocycles. The molecule has 0 aliphatic heterocycles. The van der Waals surface area contributed by atoms with Gasteiger partial charge in [0.05, 0.1) is 11.0 Å². The molecule has 0 radical (unpaired) electrons. The van der Waals surface area contributed by atoms with E-state index in [4.69, 9.17) is 13.8 Å². The third-order valence-corrected chi connectivity index (χ3v) is 11.6. The number of imidazole rings is 1. The fourth-order valence-electron chi connectivity index (χ4n) is 9.26. The van der Waals surface area contributed by atoms with Gasteiger partial charge in [0.25, 0.3) is 0 Å². The molecule has 4 heteroatoms. The maximum atomic E-state index is 6.42. The van der Waals surface area contributed by atoms with Gasteiger partial charge in [0.1, 0.15) is 28.2 Å². The number of aromatic nitrogens is 2. The van der Waals surface area contributed by atoms with Crippen LogP contribution in [0.5, 0.6) is 0 Å². The normalized spacial score (nSPS) is 12.0. The first-order chi connectivity index (χ1) is 27.7. The summed E-state index contributed by atoms with van der Waals surface area (Å²) in [7, 11) is 0. The quantitative estimate of drug-likeness (QED) is 0.170. The Morgan fingerprint density at radius 3 is 1.46 bits per heavy atom. The van der Waals surface area contributed by atoms with Gasteiger partial charge in [-0.15, -0.1) is 0 Å². The first-order valence-electron chi connectivity index (χ1n) is 19.0. The van der Waals surface area contributed by atoms with Gasteiger partial charge >= 0.3 is 0 Å². The molecule has 0 unspecified atom stereocenters. The zero-order valence-corrected chi connectivity index (χ0v) is 30.5. The van der Waals surface area contributed by atoms with Gasteiger partial charge in [-0.3, -0.25) is 4.57 Å². The molecule has 0 atom stereocenters. The number of nitrogens with zero attached hydrogens (tertiary/aromatic N) is 2. The van der Waals surface area contributed by atoms with Gasteiger partial charge in [-0.2, -0.15) is 0 Å². The lowest BCUT2D eigenvalue weighted by Gasteiger charge is -2.19. The molecule has 9 aromatic carbocycles. The minimum atomic E-state index is 0.882. The monoisotopic (exact) mass is 716 g/mol. The fourth-order valence-corrected chi connectivity index (χ4v) is 9.26. The van der Waals surface area contributed by atoms with E-state index in [1.165, 1.54) is 27.1 Å². The van der Waals surface area contributed by atoms with E-state index in [2.05, 4.69) is 175 Å². The maximum absolute atomic E-state index is 6.42. The van der Waals surface area contributed by atoms with Crippen LogP contribution in [0.1, 0.15) is 5.82 Å². The zero-order valence-electron chi connectivity index (χ0n) is 30.5. The van der Waals surface area contributed by atoms with E-state index < -0.39 is 0 Å². The van der Waals surface area contributed by atoms with Crippen LogP contribution in [0.3, 0.4) is 0 Å². The molecule has 0 spiro atoms. The molecule has 56 heavy (non-hydrogen) atoms. The molecule has 0 aliphatic carbocycles. The second-order valence-electron chi connectivity index (χ2n) is 14.6. The third-order valence-electron chi connectivity index (χ3n) is 11.6. The number of hydrogen-bond donors (Lipinski definition) is 0. The van der Waals surface area contributed by atoms with Crippen molar-refractivity contribution in [3.05, 3.63) is 182 Å². The highest BCUT2D eigenvalue weighted by Gasteiger charge is 2.23. The van der Waals surface area contributed by atoms with Gasteiger partial charge in [0.15, 0.2) is 0 Å². The number of rotatable bonds is 4. The average Bonchev–Trinajstić information content (AvgIpc) is 3.93. The van der Waals surface area contributed by atoms with Crippen molar-refractivity contribution in [2.24, 2.45) is 0 Å². The number of para-hydroxylation sites is 4. The van der Waals surface area contributed by atoms with Crippen LogP contribution in [0.15, 0.2) is 185 Å². The van der Waals surface area contributed by atoms with Crippen molar-refractivity contribution in [3.63, 3.8) is 0 Å². The van der Waals surface area contributed by atoms with Crippen molar-refractivity contribution in [3.8, 4) is 39.1 Å². The van der Waals surface area contributed by atoms with E-state index >= 15 is 0 Å². The Morgan fingerprint density at radius 2 is 0.857 bits per heavy atom. The Kier molecular flexibility index (Phi) is 6.52. The SMILES string of the molecule is Cc1nc2cccc(-c3c4cccc(-c5cccc6oc7ccccc7c56)c4cc4c(-c5cccc6oc7ccccc7c56)cccc34)c2n1-c1ccccc1. The largest absolute Gasteiger partial charge is 0.456 e. The van der Waals surface area contributed by atoms with Crippen LogP contribution in [0, 0.1) is 6.92 Å². The van der Waals surface area contributed by atoms with Crippen molar-refractivity contribution in [1.82, 2.24) is 9.55 Å². The summed E-state index contributed by atoms with van der Waals surface area (Å²) < 4.78 is 15.2. The van der Waals surface area contributed by atoms with Crippen LogP contribution in [0.4, 0.5) is 0 Å². The van der Waals surface area contributed by atoms with E-state index in [0.29, 0.717) is 0 Å². The van der Waals surface area contributed by atoms with Crippen molar-refractivity contribution < 1.29 is 8.83 Å². The average molecular weight is 717 g/mol. The van der Waals surface area contributed by atoms with Gasteiger partial charge in [-0.25, -0.2) is 4.98 Å². The minimum Gasteiger partial charge on any atom is -0.456 e. The highest BCUT2D eigenvalue weighted by Crippen LogP contribution is 2.48. The van der Waals surface area contributed by atoms with Crippen molar-refractivity contribution >= 4 is 76.5 Å². The smallest absolute Gasteiger partial charge is 0.136 e. The molecule has 262 valence electrons. The molecule has 0 N–H and O–H groups in total. The van der Waals surface area contributed by atoms with Gasteiger partial charge < -0.3 is 8.83 Å². The molecule has 12 rings (SSSR count). The Morgan fingerprint density at radius 1 is 0.393 bits per heavy atom. The van der Waals surface area contributed by atoms with Crippen molar-refractivity contribution in [2.45, 2.75) is 6.92 Å². The fraction of sp³-hybridized carbons (Fsp3) is 0.0192. The maximum Gasteiger partial charge on any atom is 0.136 e. The van der Waals surface area contributed by atoms with Gasteiger partial charge in [-0.05, 0) is 105 Å². The standard InChI is InChI=1S/C52H32N2O2/c1-31-53-44-25-11-24-41(52(44)54(31)32-14-3-2-4-15-32)49-37-20-9-18-33(35-22-12-28-47-50(35)39-16-5-7-26-45(39)55-47)42(37)30-43-34(19-10-21-38(43)49)36-23-13-29-48-51(36)40-17-6-8-27-46(40)56-48/h2-30H,1H3. The van der Waals surface area contributed by atoms with Crippen molar-refractivity contribution in [2.75, 3.05) is 0 Å². The lowest BCUT2D eigenvalue weighted by atomic mass is 9.85. The number of furan rings is 2. The van der Waals surface area contributed by atoms with Crippen molar-refractivity contribution in [1.29, 1.82) is 0 Å². The summed E-state index contributed by atoms with van der Waals surface area (Å²) in [6, 6.07) is 62.6. The summed E-state index contributed by atoms with van der Waals surface area (Å²) >= 11 is 0. The Bertz CT molecular complexity index is 3380. The molecule has 0 saturated carbocycles. The van der Waals surface area contributed by atoms with Crippen LogP contribution in [-0.4, -0.2) is 9.55 Å². The van der Waals surface area contributed by atoms with Crippen LogP contribution >= 0.6 is 0 Å². The molecule has 12 aromatic rings. The van der Waals surface area contributed by atoms with Crippen LogP contribution in [0.2, 0.25) is 0 Å². The van der Waals surface area contributed by atoms with Gasteiger partial charge in [0.2, 0.25) is 0 Å². The predicted molar refractivity (Wildman–Crippen MR) is 232 cm³/mol. The molecule has 3 aromatic heterocycles. The van der Waals surface area contributed by atoms with Crippen LogP contribution < -0.4 is 0 Å². The first kappa shape index (κ1) is 31.0. The molecule has 0 amide bonds. The molecular weight excluding hydrogens is 685 g/mol. The zero-order chi connectivity index (χ0) is 36.9. The molecular formula is C52H32N2O2. The summed E-state index contributed by atoms with van der Waals surface area (Å²) in [5, 5.41) is 9.17. The van der Waals surface area contributed by atoms with Crippen LogP contribution in [0.25, 0.3) is 116 Å². The highest BCUT2D eigenvalue weighted by atomic mass is 16.3. The van der Waals surface area contributed by atoms with Gasteiger partial charge in [-0.1, -0.05) is 127 Å². The second-order valence-corrected chi connectivity index (χ2v) is 14.6. The molecule has 4 nitrogen and oxygen atoms in total. The Hall–Kier alpha value is -7.43. The molecule has 0 bridgehead atoms. The predicted octanol–water partition coefficient (Wildman–Crippen LogP) is 14.4. The third kappa shape index (κ3) is 4.38. The van der Waals surface area contributed by atoms with E-state index in [1.807, 2.05) is 12.1 Å². The molecule has 0 fully saturated rings. The Labute approximate surface area is 321 Å². The van der Waals surface area contributed by atoms with E-state index in [0.717, 1.165) is 94.2 Å². The van der Waals surface area contributed by atoms with E-state index in [-0.39, 0.29) is 0 Å². The summed E-state index contributed by atoms with van der Waals surface area (Å²) in [6.07, 6.45) is 0. The lowest BCUT2D eigenvalue weighted by Crippen LogP contribution is -1.98. The highest BCUT2D eigenvalue weighted by molar-refractivity contribution is 6.25. The summed E-state index contributed by atoms with van der Waals surface area (Å²) in [4.78, 5) is 5.12. The topological polar surface area (TPSA) is 44.1 Å². The number of fused-ring (bicyclic) bond motifs is 9. The van der Waals surface area contributed by atoms with Crippen LogP contribution in [-0.2, 0) is 0 Å². The van der Waals surface area contributed by atoms with E-state index in [1.54, 1.807) is 0 Å². The summed E-state index contributed by atoms with van der Waals surface area (Å²) in [6.45, 7) is 2.10. The summed E-state index contributed by atoms with van der Waals surface area (Å²) in [5.74, 6) is 0.946. The number of hydrogen-bond acceptors (Lipinski definition) is 3. The second kappa shape index (κ2) is 11.8. The summed E-state index contributed by atoms with van der Waals surface area (Å²) in [5.41, 5.74) is 13.6. The minimum absolute atomic E-state index is 0.882.